The summed E-state index contributed by atoms with van der Waals surface area (Å²) in [4.78, 5) is 4.88. The summed E-state index contributed by atoms with van der Waals surface area (Å²) in [5.74, 6) is 0. The number of fused-ring (bicyclic) bond motifs is 1. The fourth-order valence-electron chi connectivity index (χ4n) is 3.21. The number of nitrogens with zero attached hydrogens (tertiary/aromatic N) is 3. The third-order valence-corrected chi connectivity index (χ3v) is 7.28. The van der Waals surface area contributed by atoms with Gasteiger partial charge in [0.2, 0.25) is 0 Å². The SMILES string of the molecule is Cc1nn(C)c(C)c1S(=O)(=O)Nc1ccc(Cc2nc3ccccc3s2)cc1. The molecule has 4 aromatic rings. The van der Waals surface area contributed by atoms with Crippen LogP contribution in [0.15, 0.2) is 53.4 Å². The molecule has 0 aliphatic rings. The summed E-state index contributed by atoms with van der Waals surface area (Å²) in [6, 6.07) is 15.5. The summed E-state index contributed by atoms with van der Waals surface area (Å²) in [6.07, 6.45) is 0.715. The number of para-hydroxylation sites is 1. The van der Waals surface area contributed by atoms with Gasteiger partial charge in [0.05, 0.1) is 26.6 Å². The van der Waals surface area contributed by atoms with E-state index in [1.165, 1.54) is 4.70 Å². The summed E-state index contributed by atoms with van der Waals surface area (Å²) in [5.41, 5.74) is 3.71. The van der Waals surface area contributed by atoms with E-state index in [0.717, 1.165) is 16.1 Å². The van der Waals surface area contributed by atoms with Gasteiger partial charge in [0.15, 0.2) is 0 Å². The van der Waals surface area contributed by atoms with Gasteiger partial charge in [-0.25, -0.2) is 13.4 Å². The first-order valence-corrected chi connectivity index (χ1v) is 11.1. The lowest BCUT2D eigenvalue weighted by molar-refractivity contribution is 0.599. The Bertz CT molecular complexity index is 1220. The Hall–Kier alpha value is -2.71. The van der Waals surface area contributed by atoms with E-state index in [0.29, 0.717) is 23.5 Å². The summed E-state index contributed by atoms with van der Waals surface area (Å²) in [6.45, 7) is 3.44. The Morgan fingerprint density at radius 1 is 1.07 bits per heavy atom. The van der Waals surface area contributed by atoms with E-state index < -0.39 is 10.0 Å². The van der Waals surface area contributed by atoms with Gasteiger partial charge in [0.25, 0.3) is 10.0 Å². The van der Waals surface area contributed by atoms with Crippen molar-refractivity contribution in [2.45, 2.75) is 25.2 Å². The maximum Gasteiger partial charge on any atom is 0.265 e. The summed E-state index contributed by atoms with van der Waals surface area (Å²) < 4.78 is 30.9. The molecule has 2 aromatic carbocycles. The van der Waals surface area contributed by atoms with Crippen LogP contribution in [0.4, 0.5) is 5.69 Å². The zero-order valence-corrected chi connectivity index (χ0v) is 17.4. The van der Waals surface area contributed by atoms with Crippen molar-refractivity contribution in [3.8, 4) is 0 Å². The van der Waals surface area contributed by atoms with E-state index in [9.17, 15) is 8.42 Å². The molecule has 0 amide bonds. The highest BCUT2D eigenvalue weighted by Crippen LogP contribution is 2.25. The number of hydrogen-bond donors (Lipinski definition) is 1. The van der Waals surface area contributed by atoms with Crippen molar-refractivity contribution in [2.75, 3.05) is 4.72 Å². The molecule has 0 unspecified atom stereocenters. The number of benzene rings is 2. The van der Waals surface area contributed by atoms with Crippen LogP contribution in [0.25, 0.3) is 10.2 Å². The minimum absolute atomic E-state index is 0.230. The normalized spacial score (nSPS) is 11.8. The molecule has 0 fully saturated rings. The third kappa shape index (κ3) is 3.53. The summed E-state index contributed by atoms with van der Waals surface area (Å²) >= 11 is 1.68. The lowest BCUT2D eigenvalue weighted by atomic mass is 10.1. The van der Waals surface area contributed by atoms with Gasteiger partial charge in [0, 0.05) is 19.2 Å². The third-order valence-electron chi connectivity index (χ3n) is 4.61. The zero-order valence-electron chi connectivity index (χ0n) is 15.8. The zero-order chi connectivity index (χ0) is 19.9. The van der Waals surface area contributed by atoms with Crippen LogP contribution >= 0.6 is 11.3 Å². The predicted octanol–water partition coefficient (Wildman–Crippen LogP) is 4.04. The molecule has 2 aromatic heterocycles. The highest BCUT2D eigenvalue weighted by Gasteiger charge is 2.23. The number of hydrogen-bond acceptors (Lipinski definition) is 5. The van der Waals surface area contributed by atoms with Gasteiger partial charge < -0.3 is 0 Å². The van der Waals surface area contributed by atoms with E-state index in [1.807, 2.05) is 30.3 Å². The van der Waals surface area contributed by atoms with Gasteiger partial charge in [-0.2, -0.15) is 5.10 Å². The first kappa shape index (κ1) is 18.6. The number of thiazole rings is 1. The molecular formula is C20H20N4O2S2. The standard InChI is InChI=1S/C20H20N4O2S2/c1-13-20(14(2)24(3)22-13)28(25,26)23-16-10-8-15(9-11-16)12-19-21-17-6-4-5-7-18(17)27-19/h4-11,23H,12H2,1-3H3. The van der Waals surface area contributed by atoms with Gasteiger partial charge >= 0.3 is 0 Å². The lowest BCUT2D eigenvalue weighted by Gasteiger charge is -2.09. The fourth-order valence-corrected chi connectivity index (χ4v) is 5.71. The summed E-state index contributed by atoms with van der Waals surface area (Å²) in [5, 5.41) is 5.23. The Kier molecular flexibility index (Phi) is 4.68. The number of nitrogens with one attached hydrogen (secondary N) is 1. The Balaban J connectivity index is 1.53. The van der Waals surface area contributed by atoms with Crippen molar-refractivity contribution in [2.24, 2.45) is 7.05 Å². The smallest absolute Gasteiger partial charge is 0.265 e. The molecule has 0 radical (unpaired) electrons. The molecular weight excluding hydrogens is 392 g/mol. The Morgan fingerprint density at radius 2 is 1.79 bits per heavy atom. The Morgan fingerprint density at radius 3 is 2.43 bits per heavy atom. The molecule has 0 aliphatic carbocycles. The van der Waals surface area contributed by atoms with Crippen LogP contribution in [0.1, 0.15) is 22.0 Å². The second-order valence-electron chi connectivity index (χ2n) is 6.68. The molecule has 8 heteroatoms. The number of aryl methyl sites for hydroxylation is 2. The molecule has 4 rings (SSSR count). The number of anilines is 1. The maximum atomic E-state index is 12.8. The second kappa shape index (κ2) is 7.03. The van der Waals surface area contributed by atoms with Gasteiger partial charge in [-0.05, 0) is 43.7 Å². The first-order valence-electron chi connectivity index (χ1n) is 8.80. The van der Waals surface area contributed by atoms with Crippen LogP contribution in [-0.2, 0) is 23.5 Å². The molecule has 0 bridgehead atoms. The van der Waals surface area contributed by atoms with Crippen LogP contribution in [0.2, 0.25) is 0 Å². The van der Waals surface area contributed by atoms with Crippen molar-refractivity contribution >= 4 is 37.3 Å². The molecule has 2 heterocycles. The quantitative estimate of drug-likeness (QED) is 0.537. The van der Waals surface area contributed by atoms with E-state index in [-0.39, 0.29) is 4.90 Å². The van der Waals surface area contributed by atoms with Crippen molar-refractivity contribution in [1.82, 2.24) is 14.8 Å². The van der Waals surface area contributed by atoms with Crippen molar-refractivity contribution in [3.05, 3.63) is 70.5 Å². The Labute approximate surface area is 167 Å². The van der Waals surface area contributed by atoms with Crippen LogP contribution in [0.5, 0.6) is 0 Å². The lowest BCUT2D eigenvalue weighted by Crippen LogP contribution is -2.14. The molecule has 0 saturated heterocycles. The van der Waals surface area contributed by atoms with Gasteiger partial charge in [-0.15, -0.1) is 11.3 Å². The van der Waals surface area contributed by atoms with E-state index >= 15 is 0 Å². The molecule has 0 saturated carbocycles. The van der Waals surface area contributed by atoms with Crippen molar-refractivity contribution in [3.63, 3.8) is 0 Å². The predicted molar refractivity (Wildman–Crippen MR) is 112 cm³/mol. The molecule has 0 spiro atoms. The minimum atomic E-state index is -3.69. The van der Waals surface area contributed by atoms with Crippen molar-refractivity contribution < 1.29 is 8.42 Å². The van der Waals surface area contributed by atoms with Crippen LogP contribution in [-0.4, -0.2) is 23.2 Å². The second-order valence-corrected chi connectivity index (χ2v) is 9.41. The first-order chi connectivity index (χ1) is 13.3. The monoisotopic (exact) mass is 412 g/mol. The number of aromatic nitrogens is 3. The van der Waals surface area contributed by atoms with Gasteiger partial charge in [-0.1, -0.05) is 24.3 Å². The van der Waals surface area contributed by atoms with E-state index in [1.54, 1.807) is 49.0 Å². The maximum absolute atomic E-state index is 12.8. The van der Waals surface area contributed by atoms with E-state index in [4.69, 9.17) is 0 Å². The van der Waals surface area contributed by atoms with Gasteiger partial charge in [0.1, 0.15) is 4.90 Å². The van der Waals surface area contributed by atoms with Crippen LogP contribution < -0.4 is 4.72 Å². The van der Waals surface area contributed by atoms with E-state index in [2.05, 4.69) is 20.9 Å². The fraction of sp³-hybridized carbons (Fsp3) is 0.200. The van der Waals surface area contributed by atoms with Crippen LogP contribution in [0.3, 0.4) is 0 Å². The molecule has 1 N–H and O–H groups in total. The molecule has 6 nitrogen and oxygen atoms in total. The number of rotatable bonds is 5. The van der Waals surface area contributed by atoms with Crippen molar-refractivity contribution in [1.29, 1.82) is 0 Å². The topological polar surface area (TPSA) is 76.9 Å². The molecule has 0 atom stereocenters. The molecule has 0 aliphatic heterocycles. The largest absolute Gasteiger partial charge is 0.280 e. The average Bonchev–Trinajstić information content (AvgIpc) is 3.16. The highest BCUT2D eigenvalue weighted by molar-refractivity contribution is 7.92. The molecule has 144 valence electrons. The average molecular weight is 413 g/mol. The number of sulfonamides is 1. The van der Waals surface area contributed by atoms with Crippen LogP contribution in [0, 0.1) is 13.8 Å². The summed E-state index contributed by atoms with van der Waals surface area (Å²) in [7, 11) is -1.95. The molecule has 28 heavy (non-hydrogen) atoms. The van der Waals surface area contributed by atoms with Gasteiger partial charge in [-0.3, -0.25) is 9.40 Å². The highest BCUT2D eigenvalue weighted by atomic mass is 32.2. The minimum Gasteiger partial charge on any atom is -0.280 e.